The highest BCUT2D eigenvalue weighted by atomic mass is 16.6. The number of carbonyl (C=O) groups is 2. The van der Waals surface area contributed by atoms with Crippen molar-refractivity contribution in [3.63, 3.8) is 0 Å². The summed E-state index contributed by atoms with van der Waals surface area (Å²) in [4.78, 5) is 31.7. The van der Waals surface area contributed by atoms with E-state index < -0.39 is 12.1 Å². The maximum atomic E-state index is 11.8. The molecule has 1 atom stereocenters. The van der Waals surface area contributed by atoms with Crippen LogP contribution in [0.4, 0.5) is 4.79 Å². The van der Waals surface area contributed by atoms with Gasteiger partial charge in [0.15, 0.2) is 0 Å². The van der Waals surface area contributed by atoms with E-state index in [1.165, 1.54) is 5.56 Å². The van der Waals surface area contributed by atoms with E-state index in [-0.39, 0.29) is 12.5 Å². The molecule has 112 valence electrons. The molecule has 1 aliphatic heterocycles. The van der Waals surface area contributed by atoms with Crippen molar-refractivity contribution < 1.29 is 14.3 Å². The number of nitrogens with zero attached hydrogens (tertiary/aromatic N) is 2. The zero-order valence-corrected chi connectivity index (χ0v) is 11.9. The largest absolute Gasteiger partial charge is 0.447 e. The summed E-state index contributed by atoms with van der Waals surface area (Å²) in [6.07, 6.45) is 3.27. The Kier molecular flexibility index (Phi) is 3.72. The molecule has 21 heavy (non-hydrogen) atoms. The molecule has 0 aromatic carbocycles. The summed E-state index contributed by atoms with van der Waals surface area (Å²) < 4.78 is 4.68. The zero-order chi connectivity index (χ0) is 14.8. The van der Waals surface area contributed by atoms with Gasteiger partial charge in [-0.2, -0.15) is 0 Å². The van der Waals surface area contributed by atoms with E-state index in [1.807, 2.05) is 6.92 Å². The van der Waals surface area contributed by atoms with Crippen LogP contribution in [0.2, 0.25) is 0 Å². The van der Waals surface area contributed by atoms with Crippen molar-refractivity contribution in [2.45, 2.75) is 38.6 Å². The Bertz CT molecular complexity index is 588. The van der Waals surface area contributed by atoms with Gasteiger partial charge < -0.3 is 15.4 Å². The van der Waals surface area contributed by atoms with Crippen molar-refractivity contribution >= 4 is 12.0 Å². The Hall–Kier alpha value is -2.18. The SMILES string of the molecule is Cc1nc(CCNC(=O)[C@@H]2COC(=O)N2)nc2c1CCC2. The molecule has 1 aliphatic carbocycles. The van der Waals surface area contributed by atoms with Crippen LogP contribution in [0.1, 0.15) is 29.2 Å². The van der Waals surface area contributed by atoms with Gasteiger partial charge in [-0.25, -0.2) is 14.8 Å². The first kappa shape index (κ1) is 13.8. The summed E-state index contributed by atoms with van der Waals surface area (Å²) in [5.41, 5.74) is 3.49. The van der Waals surface area contributed by atoms with Gasteiger partial charge in [0.25, 0.3) is 0 Å². The molecule has 0 unspecified atom stereocenters. The van der Waals surface area contributed by atoms with E-state index in [9.17, 15) is 9.59 Å². The minimum Gasteiger partial charge on any atom is -0.447 e. The molecule has 2 N–H and O–H groups in total. The number of hydrogen-bond acceptors (Lipinski definition) is 5. The fourth-order valence-electron chi connectivity index (χ4n) is 2.74. The summed E-state index contributed by atoms with van der Waals surface area (Å²) in [5.74, 6) is 0.527. The zero-order valence-electron chi connectivity index (χ0n) is 11.9. The van der Waals surface area contributed by atoms with Gasteiger partial charge >= 0.3 is 6.09 Å². The summed E-state index contributed by atoms with van der Waals surface area (Å²) in [6.45, 7) is 2.54. The van der Waals surface area contributed by atoms with Crippen LogP contribution in [0.15, 0.2) is 0 Å². The van der Waals surface area contributed by atoms with Gasteiger partial charge in [-0.1, -0.05) is 0 Å². The lowest BCUT2D eigenvalue weighted by Gasteiger charge is -2.10. The standard InChI is InChI=1S/C14H18N4O3/c1-8-9-3-2-4-10(9)17-12(16-8)5-6-15-13(19)11-7-21-14(20)18-11/h11H,2-7H2,1H3,(H,15,19)(H,18,20)/t11-/m0/s1. The second kappa shape index (κ2) is 5.67. The van der Waals surface area contributed by atoms with Gasteiger partial charge in [0.2, 0.25) is 5.91 Å². The second-order valence-electron chi connectivity index (χ2n) is 5.34. The van der Waals surface area contributed by atoms with E-state index in [2.05, 4.69) is 25.3 Å². The van der Waals surface area contributed by atoms with Crippen molar-refractivity contribution in [2.24, 2.45) is 0 Å². The minimum absolute atomic E-state index is 0.0825. The molecule has 0 spiro atoms. The molecule has 0 radical (unpaired) electrons. The van der Waals surface area contributed by atoms with Gasteiger partial charge in [0, 0.05) is 24.4 Å². The smallest absolute Gasteiger partial charge is 0.407 e. The van der Waals surface area contributed by atoms with Crippen LogP contribution in [-0.4, -0.2) is 41.2 Å². The number of rotatable bonds is 4. The van der Waals surface area contributed by atoms with E-state index in [0.29, 0.717) is 13.0 Å². The van der Waals surface area contributed by atoms with Crippen LogP contribution >= 0.6 is 0 Å². The average molecular weight is 290 g/mol. The Balaban J connectivity index is 1.53. The molecule has 2 heterocycles. The number of carbonyl (C=O) groups excluding carboxylic acids is 2. The van der Waals surface area contributed by atoms with Crippen LogP contribution in [0.5, 0.6) is 0 Å². The summed E-state index contributed by atoms with van der Waals surface area (Å²) in [7, 11) is 0. The van der Waals surface area contributed by atoms with Crippen molar-refractivity contribution in [1.82, 2.24) is 20.6 Å². The number of alkyl carbamates (subject to hydrolysis) is 1. The van der Waals surface area contributed by atoms with Crippen molar-refractivity contribution in [3.8, 4) is 0 Å². The fraction of sp³-hybridized carbons (Fsp3) is 0.571. The Morgan fingerprint density at radius 2 is 2.29 bits per heavy atom. The third-order valence-electron chi connectivity index (χ3n) is 3.82. The van der Waals surface area contributed by atoms with Crippen LogP contribution < -0.4 is 10.6 Å². The van der Waals surface area contributed by atoms with Crippen molar-refractivity contribution in [3.05, 3.63) is 22.8 Å². The molecule has 2 aliphatic rings. The fourth-order valence-corrected chi connectivity index (χ4v) is 2.74. The summed E-state index contributed by atoms with van der Waals surface area (Å²) in [6, 6.07) is -0.597. The molecule has 7 heteroatoms. The maximum Gasteiger partial charge on any atom is 0.407 e. The molecule has 1 saturated heterocycles. The Morgan fingerprint density at radius 1 is 1.43 bits per heavy atom. The average Bonchev–Trinajstić information content (AvgIpc) is 3.07. The number of amides is 2. The number of cyclic esters (lactones) is 1. The highest BCUT2D eigenvalue weighted by Gasteiger charge is 2.28. The molecule has 2 amide bonds. The van der Waals surface area contributed by atoms with Gasteiger partial charge in [-0.05, 0) is 31.7 Å². The molecule has 0 bridgehead atoms. The van der Waals surface area contributed by atoms with Crippen LogP contribution in [-0.2, 0) is 28.8 Å². The number of ether oxygens (including phenoxy) is 1. The van der Waals surface area contributed by atoms with Gasteiger partial charge in [0.1, 0.15) is 18.5 Å². The summed E-state index contributed by atoms with van der Waals surface area (Å²) in [5, 5.41) is 5.21. The van der Waals surface area contributed by atoms with Crippen LogP contribution in [0, 0.1) is 6.92 Å². The lowest BCUT2D eigenvalue weighted by atomic mass is 10.2. The first-order chi connectivity index (χ1) is 10.1. The van der Waals surface area contributed by atoms with Crippen LogP contribution in [0.3, 0.4) is 0 Å². The Morgan fingerprint density at radius 3 is 3.05 bits per heavy atom. The molecule has 3 rings (SSSR count). The van der Waals surface area contributed by atoms with Gasteiger partial charge in [0.05, 0.1) is 0 Å². The molecule has 1 aromatic rings. The van der Waals surface area contributed by atoms with E-state index in [1.54, 1.807) is 0 Å². The molecular weight excluding hydrogens is 272 g/mol. The predicted molar refractivity (Wildman–Crippen MR) is 73.8 cm³/mol. The third-order valence-corrected chi connectivity index (χ3v) is 3.82. The van der Waals surface area contributed by atoms with E-state index in [0.717, 1.165) is 36.5 Å². The van der Waals surface area contributed by atoms with E-state index in [4.69, 9.17) is 0 Å². The number of hydrogen-bond donors (Lipinski definition) is 2. The monoisotopic (exact) mass is 290 g/mol. The van der Waals surface area contributed by atoms with Gasteiger partial charge in [-0.15, -0.1) is 0 Å². The minimum atomic E-state index is -0.597. The molecule has 1 aromatic heterocycles. The predicted octanol–water partition coefficient (Wildman–Crippen LogP) is 0.0408. The Labute approximate surface area is 122 Å². The number of fused-ring (bicyclic) bond motifs is 1. The normalized spacial score (nSPS) is 19.9. The summed E-state index contributed by atoms with van der Waals surface area (Å²) >= 11 is 0. The number of aryl methyl sites for hydroxylation is 2. The molecule has 1 fully saturated rings. The molecule has 7 nitrogen and oxygen atoms in total. The van der Waals surface area contributed by atoms with Crippen molar-refractivity contribution in [2.75, 3.05) is 13.2 Å². The first-order valence-corrected chi connectivity index (χ1v) is 7.20. The molecular formula is C14H18N4O3. The number of aromatic nitrogens is 2. The van der Waals surface area contributed by atoms with Crippen LogP contribution in [0.25, 0.3) is 0 Å². The number of nitrogens with one attached hydrogen (secondary N) is 2. The maximum absolute atomic E-state index is 11.8. The lowest BCUT2D eigenvalue weighted by molar-refractivity contribution is -0.122. The second-order valence-corrected chi connectivity index (χ2v) is 5.34. The first-order valence-electron chi connectivity index (χ1n) is 7.20. The highest BCUT2D eigenvalue weighted by molar-refractivity contribution is 5.87. The van der Waals surface area contributed by atoms with Crippen molar-refractivity contribution in [1.29, 1.82) is 0 Å². The lowest BCUT2D eigenvalue weighted by Crippen LogP contribution is -2.43. The topological polar surface area (TPSA) is 93.2 Å². The quantitative estimate of drug-likeness (QED) is 0.816. The van der Waals surface area contributed by atoms with Gasteiger partial charge in [-0.3, -0.25) is 4.79 Å². The third kappa shape index (κ3) is 2.96. The molecule has 0 saturated carbocycles. The van der Waals surface area contributed by atoms with E-state index >= 15 is 0 Å². The highest BCUT2D eigenvalue weighted by Crippen LogP contribution is 2.22.